The zero-order valence-electron chi connectivity index (χ0n) is 12.3. The summed E-state index contributed by atoms with van der Waals surface area (Å²) in [6.07, 6.45) is 6.62. The fourth-order valence-electron chi connectivity index (χ4n) is 3.54. The lowest BCUT2D eigenvalue weighted by Crippen LogP contribution is -2.47. The summed E-state index contributed by atoms with van der Waals surface area (Å²) in [5, 5.41) is 4.69. The lowest BCUT2D eigenvalue weighted by atomic mass is 9.98. The summed E-state index contributed by atoms with van der Waals surface area (Å²) in [7, 11) is 2.06. The summed E-state index contributed by atoms with van der Waals surface area (Å²) in [6, 6.07) is 1.40. The maximum absolute atomic E-state index is 4.98. The van der Waals surface area contributed by atoms with E-state index >= 15 is 0 Å². The molecule has 3 aliphatic rings. The molecule has 1 N–H and O–H groups in total. The van der Waals surface area contributed by atoms with Gasteiger partial charge in [-0.25, -0.2) is 4.98 Å². The van der Waals surface area contributed by atoms with Gasteiger partial charge in [0.25, 0.3) is 0 Å². The number of nitrogens with zero attached hydrogens (tertiary/aromatic N) is 3. The van der Waals surface area contributed by atoms with Crippen molar-refractivity contribution < 1.29 is 0 Å². The summed E-state index contributed by atoms with van der Waals surface area (Å²) >= 11 is 1.94. The molecule has 1 atom stereocenters. The predicted molar refractivity (Wildman–Crippen MR) is 83.7 cm³/mol. The Morgan fingerprint density at radius 3 is 2.65 bits per heavy atom. The summed E-state index contributed by atoms with van der Waals surface area (Å²) in [5.74, 6) is 0. The Bertz CT molecular complexity index is 474. The van der Waals surface area contributed by atoms with Gasteiger partial charge in [0.1, 0.15) is 0 Å². The molecule has 0 spiro atoms. The Morgan fingerprint density at radius 1 is 1.15 bits per heavy atom. The number of anilines is 1. The topological polar surface area (TPSA) is 31.4 Å². The van der Waals surface area contributed by atoms with Crippen molar-refractivity contribution >= 4 is 16.5 Å². The molecule has 2 heterocycles. The fraction of sp³-hybridized carbons (Fsp3) is 0.800. The van der Waals surface area contributed by atoms with Crippen LogP contribution in [0.5, 0.6) is 0 Å². The monoisotopic (exact) mass is 292 g/mol. The molecule has 0 bridgehead atoms. The number of piperazine rings is 1. The molecule has 1 aliphatic heterocycles. The van der Waals surface area contributed by atoms with Crippen LogP contribution >= 0.6 is 11.3 Å². The number of nitrogens with one attached hydrogen (secondary N) is 1. The predicted octanol–water partition coefficient (Wildman–Crippen LogP) is 2.02. The van der Waals surface area contributed by atoms with E-state index in [9.17, 15) is 0 Å². The maximum atomic E-state index is 4.98. The van der Waals surface area contributed by atoms with Gasteiger partial charge in [-0.05, 0) is 39.2 Å². The minimum atomic E-state index is 0.483. The van der Waals surface area contributed by atoms with E-state index in [1.54, 1.807) is 0 Å². The van der Waals surface area contributed by atoms with Crippen molar-refractivity contribution in [1.29, 1.82) is 0 Å². The SMILES string of the molecule is CNC1CCCc2sc(N3CCN(C4CC4)CC3)nc21. The molecule has 1 aromatic heterocycles. The number of aryl methyl sites for hydroxylation is 1. The van der Waals surface area contributed by atoms with E-state index in [0.717, 1.165) is 19.1 Å². The molecule has 2 aliphatic carbocycles. The summed E-state index contributed by atoms with van der Waals surface area (Å²) in [5.41, 5.74) is 1.34. The molecule has 20 heavy (non-hydrogen) atoms. The second-order valence-corrected chi connectivity index (χ2v) is 7.35. The van der Waals surface area contributed by atoms with Crippen molar-refractivity contribution in [2.24, 2.45) is 0 Å². The van der Waals surface area contributed by atoms with Gasteiger partial charge >= 0.3 is 0 Å². The highest BCUT2D eigenvalue weighted by molar-refractivity contribution is 7.15. The third-order valence-electron chi connectivity index (χ3n) is 4.94. The first-order valence-corrected chi connectivity index (χ1v) is 8.82. The second-order valence-electron chi connectivity index (χ2n) is 6.29. The van der Waals surface area contributed by atoms with Gasteiger partial charge < -0.3 is 10.2 Å². The molecule has 4 nitrogen and oxygen atoms in total. The van der Waals surface area contributed by atoms with Gasteiger partial charge in [-0.3, -0.25) is 4.90 Å². The van der Waals surface area contributed by atoms with Gasteiger partial charge in [0.05, 0.1) is 11.7 Å². The highest BCUT2D eigenvalue weighted by atomic mass is 32.1. The maximum Gasteiger partial charge on any atom is 0.185 e. The Hall–Kier alpha value is -0.650. The van der Waals surface area contributed by atoms with E-state index in [4.69, 9.17) is 4.98 Å². The van der Waals surface area contributed by atoms with Crippen molar-refractivity contribution in [1.82, 2.24) is 15.2 Å². The molecule has 5 heteroatoms. The van der Waals surface area contributed by atoms with Gasteiger partial charge in [0.2, 0.25) is 0 Å². The minimum Gasteiger partial charge on any atom is -0.346 e. The van der Waals surface area contributed by atoms with Crippen molar-refractivity contribution in [2.75, 3.05) is 38.1 Å². The number of fused-ring (bicyclic) bond motifs is 1. The Labute approximate surface area is 125 Å². The molecule has 1 saturated heterocycles. The van der Waals surface area contributed by atoms with Crippen LogP contribution in [0.4, 0.5) is 5.13 Å². The van der Waals surface area contributed by atoms with Crippen molar-refractivity contribution in [3.63, 3.8) is 0 Å². The van der Waals surface area contributed by atoms with Crippen molar-refractivity contribution in [3.8, 4) is 0 Å². The second kappa shape index (κ2) is 5.28. The Balaban J connectivity index is 1.47. The fourth-order valence-corrected chi connectivity index (χ4v) is 4.75. The Kier molecular flexibility index (Phi) is 3.44. The van der Waals surface area contributed by atoms with E-state index in [2.05, 4.69) is 22.2 Å². The summed E-state index contributed by atoms with van der Waals surface area (Å²) in [4.78, 5) is 11.7. The smallest absolute Gasteiger partial charge is 0.185 e. The van der Waals surface area contributed by atoms with Crippen LogP contribution in [0.3, 0.4) is 0 Å². The summed E-state index contributed by atoms with van der Waals surface area (Å²) < 4.78 is 0. The van der Waals surface area contributed by atoms with Gasteiger partial charge in [-0.1, -0.05) is 0 Å². The van der Waals surface area contributed by atoms with Gasteiger partial charge in [-0.2, -0.15) is 0 Å². The average molecular weight is 292 g/mol. The number of aromatic nitrogens is 1. The zero-order valence-corrected chi connectivity index (χ0v) is 13.1. The lowest BCUT2D eigenvalue weighted by Gasteiger charge is -2.34. The largest absolute Gasteiger partial charge is 0.346 e. The normalized spacial score (nSPS) is 27.6. The molecule has 110 valence electrons. The standard InChI is InChI=1S/C15H24N4S/c1-16-12-3-2-4-13-14(12)17-15(20-13)19-9-7-18(8-10-19)11-5-6-11/h11-12,16H,2-10H2,1H3. The molecule has 0 radical (unpaired) electrons. The molecule has 4 rings (SSSR count). The number of hydrogen-bond donors (Lipinski definition) is 1. The molecule has 1 unspecified atom stereocenters. The van der Waals surface area contributed by atoms with Gasteiger partial charge in [0.15, 0.2) is 5.13 Å². The molecule has 1 aromatic rings. The number of hydrogen-bond acceptors (Lipinski definition) is 5. The minimum absolute atomic E-state index is 0.483. The Morgan fingerprint density at radius 2 is 1.95 bits per heavy atom. The van der Waals surface area contributed by atoms with E-state index < -0.39 is 0 Å². The van der Waals surface area contributed by atoms with Crippen LogP contribution in [-0.4, -0.2) is 49.2 Å². The van der Waals surface area contributed by atoms with E-state index in [0.29, 0.717) is 6.04 Å². The van der Waals surface area contributed by atoms with E-state index in [1.807, 2.05) is 11.3 Å². The number of thiazole rings is 1. The van der Waals surface area contributed by atoms with Crippen LogP contribution in [0.15, 0.2) is 0 Å². The van der Waals surface area contributed by atoms with E-state index in [1.165, 1.54) is 60.9 Å². The van der Waals surface area contributed by atoms with Crippen LogP contribution in [0, 0.1) is 0 Å². The third kappa shape index (κ3) is 2.36. The highest BCUT2D eigenvalue weighted by Gasteiger charge is 2.32. The highest BCUT2D eigenvalue weighted by Crippen LogP contribution is 2.37. The van der Waals surface area contributed by atoms with Crippen LogP contribution in [0.1, 0.15) is 42.3 Å². The number of rotatable bonds is 3. The zero-order chi connectivity index (χ0) is 13.5. The first-order chi connectivity index (χ1) is 9.85. The van der Waals surface area contributed by atoms with Gasteiger partial charge in [0, 0.05) is 37.1 Å². The quantitative estimate of drug-likeness (QED) is 0.923. The van der Waals surface area contributed by atoms with Crippen LogP contribution in [0.2, 0.25) is 0 Å². The van der Waals surface area contributed by atoms with Crippen LogP contribution in [-0.2, 0) is 6.42 Å². The molecule has 0 aromatic carbocycles. The van der Waals surface area contributed by atoms with Gasteiger partial charge in [-0.15, -0.1) is 11.3 Å². The average Bonchev–Trinajstić information content (AvgIpc) is 3.25. The lowest BCUT2D eigenvalue weighted by molar-refractivity contribution is 0.248. The molecule has 1 saturated carbocycles. The van der Waals surface area contributed by atoms with Crippen molar-refractivity contribution in [2.45, 2.75) is 44.2 Å². The molecular formula is C15H24N4S. The van der Waals surface area contributed by atoms with E-state index in [-0.39, 0.29) is 0 Å². The molecular weight excluding hydrogens is 268 g/mol. The molecule has 0 amide bonds. The first-order valence-electron chi connectivity index (χ1n) is 8.01. The molecule has 2 fully saturated rings. The van der Waals surface area contributed by atoms with Crippen LogP contribution < -0.4 is 10.2 Å². The van der Waals surface area contributed by atoms with Crippen LogP contribution in [0.25, 0.3) is 0 Å². The first kappa shape index (κ1) is 13.0. The third-order valence-corrected chi connectivity index (χ3v) is 6.13. The van der Waals surface area contributed by atoms with Crippen molar-refractivity contribution in [3.05, 3.63) is 10.6 Å². The summed E-state index contributed by atoms with van der Waals surface area (Å²) in [6.45, 7) is 4.77.